The van der Waals surface area contributed by atoms with E-state index in [0.29, 0.717) is 25.0 Å². The van der Waals surface area contributed by atoms with Crippen molar-refractivity contribution in [3.05, 3.63) is 48.3 Å². The van der Waals surface area contributed by atoms with E-state index in [9.17, 15) is 4.79 Å². The summed E-state index contributed by atoms with van der Waals surface area (Å²) in [5.41, 5.74) is 1.16. The zero-order valence-electron chi connectivity index (χ0n) is 15.1. The molecule has 2 aliphatic rings. The van der Waals surface area contributed by atoms with Crippen LogP contribution in [0.2, 0.25) is 0 Å². The van der Waals surface area contributed by atoms with Crippen LogP contribution in [0.1, 0.15) is 43.0 Å². The van der Waals surface area contributed by atoms with Crippen molar-refractivity contribution < 1.29 is 9.53 Å². The molecular weight excluding hydrogens is 328 g/mol. The molecule has 6 heteroatoms. The topological polar surface area (TPSA) is 60.2 Å². The molecule has 0 saturated carbocycles. The van der Waals surface area contributed by atoms with Gasteiger partial charge in [-0.15, -0.1) is 0 Å². The van der Waals surface area contributed by atoms with Crippen LogP contribution in [0, 0.1) is 5.92 Å². The first-order valence-corrected chi connectivity index (χ1v) is 9.58. The zero-order chi connectivity index (χ0) is 17.8. The number of hydrogen-bond acceptors (Lipinski definition) is 4. The van der Waals surface area contributed by atoms with Crippen molar-refractivity contribution in [3.8, 4) is 0 Å². The van der Waals surface area contributed by atoms with Gasteiger partial charge in [-0.3, -0.25) is 9.78 Å². The number of carbonyl (C=O) groups excluding carboxylic acids is 1. The molecule has 2 aromatic heterocycles. The van der Waals surface area contributed by atoms with E-state index < -0.39 is 0 Å². The average molecular weight is 354 g/mol. The summed E-state index contributed by atoms with van der Waals surface area (Å²) >= 11 is 0. The first-order chi connectivity index (χ1) is 12.8. The number of piperidine rings is 1. The van der Waals surface area contributed by atoms with Gasteiger partial charge in [0.2, 0.25) is 5.91 Å². The Balaban J connectivity index is 1.45. The smallest absolute Gasteiger partial charge is 0.225 e. The van der Waals surface area contributed by atoms with Crippen molar-refractivity contribution >= 4 is 5.91 Å². The molecule has 6 nitrogen and oxygen atoms in total. The third-order valence-corrected chi connectivity index (χ3v) is 5.49. The Morgan fingerprint density at radius 3 is 2.92 bits per heavy atom. The fourth-order valence-electron chi connectivity index (χ4n) is 4.09. The second-order valence-electron chi connectivity index (χ2n) is 7.28. The number of pyridine rings is 1. The maximum atomic E-state index is 12.9. The molecule has 0 aliphatic carbocycles. The molecule has 1 amide bonds. The van der Waals surface area contributed by atoms with Gasteiger partial charge in [-0.2, -0.15) is 0 Å². The highest BCUT2D eigenvalue weighted by atomic mass is 16.5. The Labute approximate surface area is 154 Å². The van der Waals surface area contributed by atoms with E-state index in [4.69, 9.17) is 4.74 Å². The van der Waals surface area contributed by atoms with Crippen LogP contribution in [0.4, 0.5) is 0 Å². The van der Waals surface area contributed by atoms with Crippen molar-refractivity contribution in [1.82, 2.24) is 19.4 Å². The van der Waals surface area contributed by atoms with Gasteiger partial charge >= 0.3 is 0 Å². The van der Waals surface area contributed by atoms with Gasteiger partial charge in [0.1, 0.15) is 5.82 Å². The summed E-state index contributed by atoms with van der Waals surface area (Å²) in [6.07, 6.45) is 11.4. The standard InChI is InChI=1S/C20H26N4O2/c25-20(17-5-11-26-12-6-17)24-9-2-4-18(15-24)19-22-8-10-23(19)14-16-3-1-7-21-13-16/h1,3,7-8,10,13,17-18H,2,4-6,9,11-12,14-15H2/t18-/m0/s1. The summed E-state index contributed by atoms with van der Waals surface area (Å²) in [7, 11) is 0. The first-order valence-electron chi connectivity index (χ1n) is 9.58. The van der Waals surface area contributed by atoms with E-state index in [2.05, 4.69) is 25.5 Å². The average Bonchev–Trinajstić information content (AvgIpc) is 3.17. The van der Waals surface area contributed by atoms with E-state index in [1.54, 1.807) is 6.20 Å². The minimum absolute atomic E-state index is 0.137. The Hall–Kier alpha value is -2.21. The second kappa shape index (κ2) is 7.99. The summed E-state index contributed by atoms with van der Waals surface area (Å²) in [6, 6.07) is 4.04. The number of hydrogen-bond donors (Lipinski definition) is 0. The summed E-state index contributed by atoms with van der Waals surface area (Å²) in [6.45, 7) is 3.84. The number of likely N-dealkylation sites (tertiary alicyclic amines) is 1. The van der Waals surface area contributed by atoms with Crippen LogP contribution in [0.3, 0.4) is 0 Å². The van der Waals surface area contributed by atoms with E-state index in [-0.39, 0.29) is 5.92 Å². The summed E-state index contributed by atoms with van der Waals surface area (Å²) in [4.78, 5) is 23.8. The van der Waals surface area contributed by atoms with Crippen molar-refractivity contribution in [2.45, 2.75) is 38.1 Å². The molecule has 0 bridgehead atoms. The fraction of sp³-hybridized carbons (Fsp3) is 0.550. The number of carbonyl (C=O) groups is 1. The van der Waals surface area contributed by atoms with Crippen molar-refractivity contribution in [2.75, 3.05) is 26.3 Å². The summed E-state index contributed by atoms with van der Waals surface area (Å²) in [5.74, 6) is 1.83. The fourth-order valence-corrected chi connectivity index (χ4v) is 4.09. The highest BCUT2D eigenvalue weighted by molar-refractivity contribution is 5.79. The Bertz CT molecular complexity index is 724. The van der Waals surface area contributed by atoms with Crippen LogP contribution in [-0.2, 0) is 16.1 Å². The van der Waals surface area contributed by atoms with Crippen LogP contribution in [0.15, 0.2) is 36.9 Å². The molecule has 1 atom stereocenters. The van der Waals surface area contributed by atoms with E-state index >= 15 is 0 Å². The normalized spacial score (nSPS) is 21.7. The molecule has 4 rings (SSSR count). The van der Waals surface area contributed by atoms with Crippen LogP contribution in [0.5, 0.6) is 0 Å². The largest absolute Gasteiger partial charge is 0.381 e. The molecule has 0 aromatic carbocycles. The lowest BCUT2D eigenvalue weighted by Crippen LogP contribution is -2.44. The number of ether oxygens (including phenoxy) is 1. The Morgan fingerprint density at radius 2 is 2.12 bits per heavy atom. The maximum Gasteiger partial charge on any atom is 0.225 e. The molecule has 26 heavy (non-hydrogen) atoms. The lowest BCUT2D eigenvalue weighted by Gasteiger charge is -2.35. The van der Waals surface area contributed by atoms with E-state index in [1.165, 1.54) is 0 Å². The van der Waals surface area contributed by atoms with Gasteiger partial charge in [-0.05, 0) is 37.3 Å². The molecule has 2 aliphatic heterocycles. The van der Waals surface area contributed by atoms with Gasteiger partial charge < -0.3 is 14.2 Å². The highest BCUT2D eigenvalue weighted by Gasteiger charge is 2.31. The van der Waals surface area contributed by atoms with Gasteiger partial charge in [0.05, 0.1) is 6.54 Å². The van der Waals surface area contributed by atoms with Gasteiger partial charge in [-0.1, -0.05) is 6.07 Å². The molecule has 0 spiro atoms. The lowest BCUT2D eigenvalue weighted by atomic mass is 9.93. The monoisotopic (exact) mass is 354 g/mol. The number of rotatable bonds is 4. The quantitative estimate of drug-likeness (QED) is 0.846. The van der Waals surface area contributed by atoms with Crippen molar-refractivity contribution in [3.63, 3.8) is 0 Å². The first kappa shape index (κ1) is 17.2. The van der Waals surface area contributed by atoms with Crippen LogP contribution in [0.25, 0.3) is 0 Å². The molecular formula is C20H26N4O2. The van der Waals surface area contributed by atoms with Crippen LogP contribution in [-0.4, -0.2) is 51.6 Å². The summed E-state index contributed by atoms with van der Waals surface area (Å²) in [5, 5.41) is 0. The molecule has 2 saturated heterocycles. The third kappa shape index (κ3) is 3.80. The number of amides is 1. The van der Waals surface area contributed by atoms with Gasteiger partial charge in [0.15, 0.2) is 0 Å². The molecule has 0 radical (unpaired) electrons. The molecule has 2 aromatic rings. The number of nitrogens with zero attached hydrogens (tertiary/aromatic N) is 4. The minimum Gasteiger partial charge on any atom is -0.381 e. The van der Waals surface area contributed by atoms with Crippen molar-refractivity contribution in [2.24, 2.45) is 5.92 Å². The van der Waals surface area contributed by atoms with Gasteiger partial charge in [0, 0.05) is 62.9 Å². The van der Waals surface area contributed by atoms with E-state index in [0.717, 1.165) is 56.7 Å². The minimum atomic E-state index is 0.137. The van der Waals surface area contributed by atoms with Crippen LogP contribution < -0.4 is 0 Å². The lowest BCUT2D eigenvalue weighted by molar-refractivity contribution is -0.139. The van der Waals surface area contributed by atoms with Crippen molar-refractivity contribution in [1.29, 1.82) is 0 Å². The predicted octanol–water partition coefficient (Wildman–Crippen LogP) is 2.46. The molecule has 138 valence electrons. The predicted molar refractivity (Wildman–Crippen MR) is 97.7 cm³/mol. The number of imidazole rings is 1. The van der Waals surface area contributed by atoms with Gasteiger partial charge in [-0.25, -0.2) is 4.98 Å². The molecule has 0 unspecified atom stereocenters. The SMILES string of the molecule is O=C(C1CCOCC1)N1CCC[C@H](c2nccn2Cc2cccnc2)C1. The van der Waals surface area contributed by atoms with Gasteiger partial charge in [0.25, 0.3) is 0 Å². The summed E-state index contributed by atoms with van der Waals surface area (Å²) < 4.78 is 7.60. The zero-order valence-corrected chi connectivity index (χ0v) is 15.1. The molecule has 2 fully saturated rings. The third-order valence-electron chi connectivity index (χ3n) is 5.49. The second-order valence-corrected chi connectivity index (χ2v) is 7.28. The van der Waals surface area contributed by atoms with Crippen LogP contribution >= 0.6 is 0 Å². The Kier molecular flexibility index (Phi) is 5.29. The molecule has 0 N–H and O–H groups in total. The van der Waals surface area contributed by atoms with E-state index in [1.807, 2.05) is 24.7 Å². The maximum absolute atomic E-state index is 12.9. The molecule has 4 heterocycles. The number of aromatic nitrogens is 3. The Morgan fingerprint density at radius 1 is 1.23 bits per heavy atom. The highest BCUT2D eigenvalue weighted by Crippen LogP contribution is 2.28.